The zero-order valence-electron chi connectivity index (χ0n) is 10.1. The van der Waals surface area contributed by atoms with Gasteiger partial charge < -0.3 is 5.73 Å². The second-order valence-electron chi connectivity index (χ2n) is 3.75. The van der Waals surface area contributed by atoms with Crippen LogP contribution in [0.4, 0.5) is 15.9 Å². The largest absolute Gasteiger partial charge is 0.398 e. The molecule has 102 valence electrons. The van der Waals surface area contributed by atoms with Crippen molar-refractivity contribution in [2.24, 2.45) is 0 Å². The Labute approximate surface area is 114 Å². The van der Waals surface area contributed by atoms with Crippen molar-refractivity contribution in [1.82, 2.24) is 4.98 Å². The maximum Gasteiger partial charge on any atom is 0.272 e. The van der Waals surface area contributed by atoms with E-state index in [1.54, 1.807) is 0 Å². The van der Waals surface area contributed by atoms with E-state index < -0.39 is 16.0 Å². The summed E-state index contributed by atoms with van der Waals surface area (Å²) in [6.07, 6.45) is 0.657. The van der Waals surface area contributed by atoms with E-state index in [9.17, 15) is 12.8 Å². The van der Waals surface area contributed by atoms with Gasteiger partial charge in [-0.1, -0.05) is 13.0 Å². The monoisotopic (exact) mass is 301 g/mol. The number of nitrogens with one attached hydrogen (secondary N) is 1. The molecule has 0 atom stereocenters. The topological polar surface area (TPSA) is 85.1 Å². The molecule has 0 fully saturated rings. The first-order valence-corrected chi connectivity index (χ1v) is 7.76. The lowest BCUT2D eigenvalue weighted by molar-refractivity contribution is 0.585. The summed E-state index contributed by atoms with van der Waals surface area (Å²) in [6.45, 7) is 1.89. The number of hydrogen-bond donors (Lipinski definition) is 2. The summed E-state index contributed by atoms with van der Waals surface area (Å²) in [4.78, 5) is 4.25. The molecule has 0 aliphatic heterocycles. The quantitative estimate of drug-likeness (QED) is 0.848. The lowest BCUT2D eigenvalue weighted by Crippen LogP contribution is -2.12. The van der Waals surface area contributed by atoms with Gasteiger partial charge >= 0.3 is 0 Å². The van der Waals surface area contributed by atoms with Crippen molar-refractivity contribution < 1.29 is 12.8 Å². The maximum absolute atomic E-state index is 12.9. The number of pyridine rings is 1. The summed E-state index contributed by atoms with van der Waals surface area (Å²) in [6, 6.07) is 5.28. The molecule has 8 heteroatoms. The van der Waals surface area contributed by atoms with Gasteiger partial charge in [-0.3, -0.25) is 4.72 Å². The van der Waals surface area contributed by atoms with E-state index in [1.807, 2.05) is 6.92 Å². The van der Waals surface area contributed by atoms with Gasteiger partial charge in [0, 0.05) is 10.6 Å². The zero-order chi connectivity index (χ0) is 14.0. The van der Waals surface area contributed by atoms with Crippen LogP contribution in [-0.4, -0.2) is 13.4 Å². The fourth-order valence-corrected chi connectivity index (χ4v) is 3.87. The normalized spacial score (nSPS) is 11.5. The van der Waals surface area contributed by atoms with Crippen LogP contribution in [0.1, 0.15) is 11.8 Å². The summed E-state index contributed by atoms with van der Waals surface area (Å²) in [5, 5.41) is 0. The summed E-state index contributed by atoms with van der Waals surface area (Å²) in [7, 11) is -3.78. The fourth-order valence-electron chi connectivity index (χ4n) is 1.48. The Bertz CT molecular complexity index is 698. The second kappa shape index (κ2) is 5.14. The number of halogens is 1. The van der Waals surface area contributed by atoms with Gasteiger partial charge in [0.25, 0.3) is 10.0 Å². The summed E-state index contributed by atoms with van der Waals surface area (Å²) < 4.78 is 39.4. The van der Waals surface area contributed by atoms with Crippen molar-refractivity contribution in [3.05, 3.63) is 35.1 Å². The Kier molecular flexibility index (Phi) is 3.72. The number of sulfonamides is 1. The minimum atomic E-state index is -3.78. The minimum absolute atomic E-state index is 0.0648. The molecule has 0 radical (unpaired) electrons. The first kappa shape index (κ1) is 13.8. The highest BCUT2D eigenvalue weighted by Gasteiger charge is 2.19. The predicted molar refractivity (Wildman–Crippen MR) is 73.1 cm³/mol. The molecule has 0 aliphatic carbocycles. The van der Waals surface area contributed by atoms with Gasteiger partial charge in [0.15, 0.2) is 0 Å². The van der Waals surface area contributed by atoms with Crippen LogP contribution in [0.5, 0.6) is 0 Å². The number of thiophene rings is 1. The molecule has 0 aromatic carbocycles. The molecule has 0 amide bonds. The Balaban J connectivity index is 2.32. The van der Waals surface area contributed by atoms with Gasteiger partial charge in [-0.05, 0) is 24.6 Å². The van der Waals surface area contributed by atoms with Crippen LogP contribution in [0.2, 0.25) is 0 Å². The molecule has 0 aliphatic rings. The highest BCUT2D eigenvalue weighted by Crippen LogP contribution is 2.29. The van der Waals surface area contributed by atoms with Gasteiger partial charge in [0.2, 0.25) is 5.95 Å². The van der Waals surface area contributed by atoms with Crippen LogP contribution in [0.3, 0.4) is 0 Å². The van der Waals surface area contributed by atoms with Gasteiger partial charge in [0.05, 0.1) is 0 Å². The van der Waals surface area contributed by atoms with Crippen LogP contribution in [-0.2, 0) is 16.4 Å². The Morgan fingerprint density at radius 2 is 2.21 bits per heavy atom. The molecule has 19 heavy (non-hydrogen) atoms. The number of rotatable bonds is 4. The highest BCUT2D eigenvalue weighted by molar-refractivity contribution is 7.94. The smallest absolute Gasteiger partial charge is 0.272 e. The molecule has 3 N–H and O–H groups in total. The van der Waals surface area contributed by atoms with Crippen molar-refractivity contribution in [3.63, 3.8) is 0 Å². The van der Waals surface area contributed by atoms with E-state index in [1.165, 1.54) is 18.2 Å². The van der Waals surface area contributed by atoms with Crippen molar-refractivity contribution in [2.45, 2.75) is 17.6 Å². The third kappa shape index (κ3) is 3.02. The number of hydrogen-bond acceptors (Lipinski definition) is 5. The van der Waals surface area contributed by atoms with Crippen LogP contribution in [0.25, 0.3) is 0 Å². The van der Waals surface area contributed by atoms with Crippen molar-refractivity contribution in [3.8, 4) is 0 Å². The van der Waals surface area contributed by atoms with Crippen molar-refractivity contribution >= 4 is 32.9 Å². The Hall–Kier alpha value is -1.67. The molecule has 0 spiro atoms. The van der Waals surface area contributed by atoms with E-state index >= 15 is 0 Å². The number of aromatic nitrogens is 1. The molecule has 2 heterocycles. The van der Waals surface area contributed by atoms with Crippen LogP contribution < -0.4 is 10.5 Å². The highest BCUT2D eigenvalue weighted by atomic mass is 32.2. The molecule has 0 unspecified atom stereocenters. The average molecular weight is 301 g/mol. The van der Waals surface area contributed by atoms with Crippen LogP contribution in [0.15, 0.2) is 28.5 Å². The van der Waals surface area contributed by atoms with Gasteiger partial charge in [-0.25, -0.2) is 13.4 Å². The van der Waals surface area contributed by atoms with Crippen molar-refractivity contribution in [1.29, 1.82) is 0 Å². The van der Waals surface area contributed by atoms with E-state index in [-0.39, 0.29) is 10.0 Å². The Morgan fingerprint density at radius 1 is 1.47 bits per heavy atom. The molecular formula is C11H12FN3O2S2. The molecule has 0 bridgehead atoms. The number of nitrogen functional groups attached to an aromatic ring is 1. The van der Waals surface area contributed by atoms with Gasteiger partial charge in [-0.15, -0.1) is 11.3 Å². The third-order valence-corrected chi connectivity index (χ3v) is 5.48. The molecule has 0 saturated carbocycles. The van der Waals surface area contributed by atoms with Crippen LogP contribution >= 0.6 is 11.3 Å². The molecule has 0 saturated heterocycles. The molecule has 2 aromatic rings. The molecule has 2 rings (SSSR count). The van der Waals surface area contributed by atoms with Gasteiger partial charge in [0.1, 0.15) is 10.0 Å². The number of aryl methyl sites for hydroxylation is 1. The number of anilines is 2. The third-order valence-electron chi connectivity index (χ3n) is 2.36. The maximum atomic E-state index is 12.9. The summed E-state index contributed by atoms with van der Waals surface area (Å²) in [5.41, 5.74) is 6.15. The first-order chi connectivity index (χ1) is 8.92. The van der Waals surface area contributed by atoms with Crippen molar-refractivity contribution in [2.75, 3.05) is 10.5 Å². The minimum Gasteiger partial charge on any atom is -0.398 e. The first-order valence-electron chi connectivity index (χ1n) is 5.46. The number of nitrogens with two attached hydrogens (primary N) is 1. The summed E-state index contributed by atoms with van der Waals surface area (Å²) >= 11 is 1.09. The molecule has 2 aromatic heterocycles. The predicted octanol–water partition coefficient (Wildman–Crippen LogP) is 2.23. The average Bonchev–Trinajstić information content (AvgIpc) is 2.71. The summed E-state index contributed by atoms with van der Waals surface area (Å²) in [5.74, 6) is -0.815. The van der Waals surface area contributed by atoms with E-state index in [0.29, 0.717) is 12.1 Å². The van der Waals surface area contributed by atoms with E-state index in [4.69, 9.17) is 5.73 Å². The SMILES string of the molecule is CCc1sc(S(=O)(=O)Nc2cccc(F)n2)cc1N. The van der Waals surface area contributed by atoms with Gasteiger partial charge in [-0.2, -0.15) is 4.39 Å². The molecular weight excluding hydrogens is 289 g/mol. The lowest BCUT2D eigenvalue weighted by Gasteiger charge is -2.04. The van der Waals surface area contributed by atoms with Crippen LogP contribution in [0, 0.1) is 5.95 Å². The van der Waals surface area contributed by atoms with E-state index in [2.05, 4.69) is 9.71 Å². The number of nitrogens with zero attached hydrogens (tertiary/aromatic N) is 1. The molecule has 5 nitrogen and oxygen atoms in total. The zero-order valence-corrected chi connectivity index (χ0v) is 11.7. The fraction of sp³-hybridized carbons (Fsp3) is 0.182. The second-order valence-corrected chi connectivity index (χ2v) is 6.79. The lowest BCUT2D eigenvalue weighted by atomic mass is 10.3. The standard InChI is InChI=1S/C11H12FN3O2S2/c1-2-8-7(13)6-11(18-8)19(16,17)15-10-5-3-4-9(12)14-10/h3-6H,2,13H2,1H3,(H,14,15). The Morgan fingerprint density at radius 3 is 2.79 bits per heavy atom. The van der Waals surface area contributed by atoms with E-state index in [0.717, 1.165) is 22.3 Å².